The third kappa shape index (κ3) is 5.05. The van der Waals surface area contributed by atoms with E-state index in [0.717, 1.165) is 6.42 Å². The number of nitrogens with zero attached hydrogens (tertiary/aromatic N) is 1. The SMILES string of the molecule is CC(C)CC[C@H](N)C(=O)Nc1ccc([N+](=O)[O-])cc1. The van der Waals surface area contributed by atoms with Gasteiger partial charge in [0.1, 0.15) is 0 Å². The fourth-order valence-electron chi connectivity index (χ4n) is 1.55. The minimum atomic E-state index is -0.558. The van der Waals surface area contributed by atoms with E-state index in [1.807, 2.05) is 0 Å². The van der Waals surface area contributed by atoms with E-state index in [9.17, 15) is 14.9 Å². The van der Waals surface area contributed by atoms with Crippen molar-refractivity contribution in [2.75, 3.05) is 5.32 Å². The van der Waals surface area contributed by atoms with Crippen LogP contribution in [0, 0.1) is 16.0 Å². The van der Waals surface area contributed by atoms with Crippen LogP contribution in [0.4, 0.5) is 11.4 Å². The summed E-state index contributed by atoms with van der Waals surface area (Å²) >= 11 is 0. The van der Waals surface area contributed by atoms with Crippen LogP contribution in [0.25, 0.3) is 0 Å². The van der Waals surface area contributed by atoms with Crippen LogP contribution in [0.1, 0.15) is 26.7 Å². The zero-order valence-electron chi connectivity index (χ0n) is 11.1. The summed E-state index contributed by atoms with van der Waals surface area (Å²) in [5, 5.41) is 13.1. The van der Waals surface area contributed by atoms with Crippen molar-refractivity contribution in [2.24, 2.45) is 11.7 Å². The van der Waals surface area contributed by atoms with Crippen molar-refractivity contribution < 1.29 is 9.72 Å². The van der Waals surface area contributed by atoms with Crippen LogP contribution in [0.3, 0.4) is 0 Å². The molecule has 0 saturated heterocycles. The normalized spacial score (nSPS) is 12.2. The lowest BCUT2D eigenvalue weighted by molar-refractivity contribution is -0.384. The van der Waals surface area contributed by atoms with Gasteiger partial charge in [0.05, 0.1) is 11.0 Å². The number of benzene rings is 1. The molecule has 0 radical (unpaired) electrons. The molecule has 19 heavy (non-hydrogen) atoms. The molecule has 1 amide bonds. The Balaban J connectivity index is 2.54. The molecular formula is C13H19N3O3. The molecule has 1 aromatic rings. The maximum atomic E-state index is 11.8. The van der Waals surface area contributed by atoms with Crippen molar-refractivity contribution in [3.63, 3.8) is 0 Å². The third-order valence-electron chi connectivity index (χ3n) is 2.74. The van der Waals surface area contributed by atoms with Crippen LogP contribution in [0.5, 0.6) is 0 Å². The number of rotatable bonds is 6. The molecule has 0 aliphatic heterocycles. The van der Waals surface area contributed by atoms with Gasteiger partial charge in [0.15, 0.2) is 0 Å². The second kappa shape index (κ2) is 6.84. The molecule has 3 N–H and O–H groups in total. The Labute approximate surface area is 112 Å². The van der Waals surface area contributed by atoms with Crippen LogP contribution in [0.15, 0.2) is 24.3 Å². The Morgan fingerprint density at radius 1 is 1.32 bits per heavy atom. The van der Waals surface area contributed by atoms with E-state index >= 15 is 0 Å². The van der Waals surface area contributed by atoms with E-state index in [4.69, 9.17) is 5.73 Å². The van der Waals surface area contributed by atoms with Gasteiger partial charge in [0.2, 0.25) is 5.91 Å². The molecular weight excluding hydrogens is 246 g/mol. The van der Waals surface area contributed by atoms with Gasteiger partial charge in [-0.1, -0.05) is 13.8 Å². The molecule has 0 unspecified atom stereocenters. The Morgan fingerprint density at radius 3 is 2.37 bits per heavy atom. The van der Waals surface area contributed by atoms with Gasteiger partial charge in [-0.2, -0.15) is 0 Å². The van der Waals surface area contributed by atoms with Gasteiger partial charge in [-0.15, -0.1) is 0 Å². The number of anilines is 1. The van der Waals surface area contributed by atoms with E-state index in [1.54, 1.807) is 0 Å². The molecule has 0 spiro atoms. The number of nitro benzene ring substituents is 1. The maximum Gasteiger partial charge on any atom is 0.269 e. The quantitative estimate of drug-likeness (QED) is 0.609. The van der Waals surface area contributed by atoms with Gasteiger partial charge < -0.3 is 11.1 Å². The molecule has 0 heterocycles. The van der Waals surface area contributed by atoms with Crippen LogP contribution in [-0.4, -0.2) is 16.9 Å². The summed E-state index contributed by atoms with van der Waals surface area (Å²) in [5.74, 6) is 0.229. The maximum absolute atomic E-state index is 11.8. The highest BCUT2D eigenvalue weighted by atomic mass is 16.6. The highest BCUT2D eigenvalue weighted by Gasteiger charge is 2.14. The van der Waals surface area contributed by atoms with Gasteiger partial charge >= 0.3 is 0 Å². The Hall–Kier alpha value is -1.95. The van der Waals surface area contributed by atoms with Crippen molar-refractivity contribution in [2.45, 2.75) is 32.7 Å². The molecule has 0 bridgehead atoms. The number of hydrogen-bond donors (Lipinski definition) is 2. The fraction of sp³-hybridized carbons (Fsp3) is 0.462. The number of nitrogens with two attached hydrogens (primary N) is 1. The zero-order chi connectivity index (χ0) is 14.4. The molecule has 1 atom stereocenters. The number of carbonyl (C=O) groups is 1. The van der Waals surface area contributed by atoms with Gasteiger partial charge in [-0.25, -0.2) is 0 Å². The highest BCUT2D eigenvalue weighted by molar-refractivity contribution is 5.94. The number of amides is 1. The molecule has 6 nitrogen and oxygen atoms in total. The molecule has 0 aromatic heterocycles. The summed E-state index contributed by atoms with van der Waals surface area (Å²) in [5.41, 5.74) is 6.27. The van der Waals surface area contributed by atoms with Crippen molar-refractivity contribution in [1.29, 1.82) is 0 Å². The summed E-state index contributed by atoms with van der Waals surface area (Å²) in [6, 6.07) is 5.11. The van der Waals surface area contributed by atoms with E-state index in [1.165, 1.54) is 24.3 Å². The Bertz CT molecular complexity index is 443. The number of nitro groups is 1. The minimum Gasteiger partial charge on any atom is -0.325 e. The van der Waals surface area contributed by atoms with Gasteiger partial charge in [0.25, 0.3) is 5.69 Å². The van der Waals surface area contributed by atoms with Crippen LogP contribution in [0.2, 0.25) is 0 Å². The lowest BCUT2D eigenvalue weighted by atomic mass is 10.0. The van der Waals surface area contributed by atoms with E-state index in [0.29, 0.717) is 18.0 Å². The van der Waals surface area contributed by atoms with Crippen LogP contribution >= 0.6 is 0 Å². The second-order valence-corrected chi connectivity index (χ2v) is 4.87. The van der Waals surface area contributed by atoms with Gasteiger partial charge in [-0.3, -0.25) is 14.9 Å². The Morgan fingerprint density at radius 2 is 1.89 bits per heavy atom. The fourth-order valence-corrected chi connectivity index (χ4v) is 1.55. The summed E-state index contributed by atoms with van der Waals surface area (Å²) in [6.07, 6.45) is 1.51. The standard InChI is InChI=1S/C13H19N3O3/c1-9(2)3-8-12(14)13(17)15-10-4-6-11(7-5-10)16(18)19/h4-7,9,12H,3,8,14H2,1-2H3,(H,15,17)/t12-/m0/s1. The predicted octanol–water partition coefficient (Wildman–Crippen LogP) is 2.30. The summed E-state index contributed by atoms with van der Waals surface area (Å²) in [6.45, 7) is 4.14. The van der Waals surface area contributed by atoms with Crippen molar-refractivity contribution in [3.05, 3.63) is 34.4 Å². The first kappa shape index (κ1) is 15.1. The molecule has 1 rings (SSSR count). The van der Waals surface area contributed by atoms with E-state index in [2.05, 4.69) is 19.2 Å². The predicted molar refractivity (Wildman–Crippen MR) is 73.8 cm³/mol. The number of hydrogen-bond acceptors (Lipinski definition) is 4. The number of non-ortho nitro benzene ring substituents is 1. The molecule has 0 fully saturated rings. The van der Waals surface area contributed by atoms with Crippen molar-refractivity contribution >= 4 is 17.3 Å². The lowest BCUT2D eigenvalue weighted by Gasteiger charge is -2.13. The zero-order valence-corrected chi connectivity index (χ0v) is 11.1. The molecule has 104 valence electrons. The van der Waals surface area contributed by atoms with Crippen LogP contribution < -0.4 is 11.1 Å². The first-order chi connectivity index (χ1) is 8.90. The molecule has 0 aliphatic rings. The highest BCUT2D eigenvalue weighted by Crippen LogP contribution is 2.16. The average Bonchev–Trinajstić information content (AvgIpc) is 2.36. The van der Waals surface area contributed by atoms with E-state index < -0.39 is 11.0 Å². The largest absolute Gasteiger partial charge is 0.325 e. The molecule has 1 aromatic carbocycles. The summed E-state index contributed by atoms with van der Waals surface area (Å²) in [4.78, 5) is 21.8. The average molecular weight is 265 g/mol. The number of nitrogens with one attached hydrogen (secondary N) is 1. The smallest absolute Gasteiger partial charge is 0.269 e. The lowest BCUT2D eigenvalue weighted by Crippen LogP contribution is -2.35. The van der Waals surface area contributed by atoms with Crippen molar-refractivity contribution in [1.82, 2.24) is 0 Å². The monoisotopic (exact) mass is 265 g/mol. The van der Waals surface area contributed by atoms with Gasteiger partial charge in [0, 0.05) is 17.8 Å². The topological polar surface area (TPSA) is 98.3 Å². The minimum absolute atomic E-state index is 0.0119. The third-order valence-corrected chi connectivity index (χ3v) is 2.74. The molecule has 6 heteroatoms. The molecule has 0 aliphatic carbocycles. The van der Waals surface area contributed by atoms with Crippen LogP contribution in [-0.2, 0) is 4.79 Å². The molecule has 0 saturated carbocycles. The first-order valence-corrected chi connectivity index (χ1v) is 6.21. The summed E-state index contributed by atoms with van der Waals surface area (Å²) in [7, 11) is 0. The van der Waals surface area contributed by atoms with E-state index in [-0.39, 0.29) is 11.6 Å². The van der Waals surface area contributed by atoms with Gasteiger partial charge in [-0.05, 0) is 30.9 Å². The Kier molecular flexibility index (Phi) is 5.44. The number of carbonyl (C=O) groups excluding carboxylic acids is 1. The summed E-state index contributed by atoms with van der Waals surface area (Å²) < 4.78 is 0. The first-order valence-electron chi connectivity index (χ1n) is 6.21. The van der Waals surface area contributed by atoms with Crippen molar-refractivity contribution in [3.8, 4) is 0 Å². The second-order valence-electron chi connectivity index (χ2n) is 4.87.